The van der Waals surface area contributed by atoms with Crippen LogP contribution >= 0.6 is 0 Å². The molecule has 5 rings (SSSR count). The third kappa shape index (κ3) is 1.10. The lowest BCUT2D eigenvalue weighted by molar-refractivity contribution is 1.49. The molecule has 0 saturated carbocycles. The average Bonchev–Trinajstić information content (AvgIpc) is 2.98. The van der Waals surface area contributed by atoms with E-state index in [0.717, 1.165) is 0 Å². The molecule has 1 heteroatoms. The van der Waals surface area contributed by atoms with Gasteiger partial charge >= 0.3 is 0 Å². The van der Waals surface area contributed by atoms with Crippen LogP contribution in [-0.2, 0) is 0 Å². The molecule has 0 fully saturated rings. The maximum absolute atomic E-state index is 2.35. The Balaban J connectivity index is 1.99. The molecule has 3 aromatic carbocycles. The fraction of sp³-hybridized carbons (Fsp3) is 0.0526. The van der Waals surface area contributed by atoms with Gasteiger partial charge in [-0.1, -0.05) is 77.1 Å². The number of rotatable bonds is 0. The largest absolute Gasteiger partial charge is 0.244 e. The van der Waals surface area contributed by atoms with Crippen molar-refractivity contribution in [3.05, 3.63) is 66.2 Å². The first kappa shape index (κ1) is 10.5. The fourth-order valence-corrected chi connectivity index (χ4v) is 4.02. The summed E-state index contributed by atoms with van der Waals surface area (Å²) in [5.41, 5.74) is 11.6. The van der Waals surface area contributed by atoms with Crippen LogP contribution in [0.5, 0.6) is 0 Å². The molecular weight excluding hydrogens is 239 g/mol. The van der Waals surface area contributed by atoms with Gasteiger partial charge in [0, 0.05) is 0 Å². The molecule has 0 atom stereocenters. The maximum Gasteiger partial charge on any atom is 0.244 e. The van der Waals surface area contributed by atoms with Crippen LogP contribution in [0.25, 0.3) is 22.3 Å². The quantitative estimate of drug-likeness (QED) is 0.371. The summed E-state index contributed by atoms with van der Waals surface area (Å²) in [5, 5.41) is 0. The fourth-order valence-electron chi connectivity index (χ4n) is 4.02. The van der Waals surface area contributed by atoms with Gasteiger partial charge in [-0.2, -0.15) is 0 Å². The summed E-state index contributed by atoms with van der Waals surface area (Å²) in [6.45, 7) is 2.65. The summed E-state index contributed by atoms with van der Waals surface area (Å²) in [5.74, 6) is 0. The van der Waals surface area contributed by atoms with E-state index in [4.69, 9.17) is 0 Å². The van der Waals surface area contributed by atoms with E-state index in [1.54, 1.807) is 0 Å². The van der Waals surface area contributed by atoms with Crippen molar-refractivity contribution in [2.24, 2.45) is 0 Å². The lowest BCUT2D eigenvalue weighted by atomic mass is 9.41. The predicted molar refractivity (Wildman–Crippen MR) is 86.7 cm³/mol. The Morgan fingerprint density at radius 2 is 1.15 bits per heavy atom. The number of hydrogen-bond donors (Lipinski definition) is 0. The van der Waals surface area contributed by atoms with Crippen LogP contribution in [-0.4, -0.2) is 6.71 Å². The third-order valence-corrected chi connectivity index (χ3v) is 4.74. The Kier molecular flexibility index (Phi) is 1.80. The van der Waals surface area contributed by atoms with Crippen LogP contribution in [0.1, 0.15) is 5.56 Å². The minimum Gasteiger partial charge on any atom is -0.0664 e. The Bertz CT molecular complexity index is 808. The van der Waals surface area contributed by atoms with Gasteiger partial charge in [-0.25, -0.2) is 0 Å². The summed E-state index contributed by atoms with van der Waals surface area (Å²) < 4.78 is 0. The molecule has 3 aromatic rings. The molecule has 0 nitrogen and oxygen atoms in total. The molecule has 0 unspecified atom stereocenters. The van der Waals surface area contributed by atoms with E-state index in [9.17, 15) is 0 Å². The van der Waals surface area contributed by atoms with Crippen molar-refractivity contribution in [3.63, 3.8) is 0 Å². The first-order valence-electron chi connectivity index (χ1n) is 7.18. The standard InChI is InChI=1S/C19H13B/c1-12-10-15-13-6-2-4-8-17(13)20-18-9-5-3-7-14(18)16(11-12)19(15)20/h2-11H,1H3. The first-order chi connectivity index (χ1) is 9.84. The Labute approximate surface area is 119 Å². The van der Waals surface area contributed by atoms with Gasteiger partial charge in [-0.15, -0.1) is 0 Å². The summed E-state index contributed by atoms with van der Waals surface area (Å²) in [7, 11) is 0. The molecule has 0 amide bonds. The zero-order valence-corrected chi connectivity index (χ0v) is 11.4. The normalized spacial score (nSPS) is 13.2. The van der Waals surface area contributed by atoms with E-state index in [1.807, 2.05) is 0 Å². The third-order valence-electron chi connectivity index (χ3n) is 4.74. The number of hydrogen-bond acceptors (Lipinski definition) is 0. The topological polar surface area (TPSA) is 0 Å². The van der Waals surface area contributed by atoms with Gasteiger partial charge in [0.05, 0.1) is 0 Å². The van der Waals surface area contributed by atoms with Crippen LogP contribution in [0.3, 0.4) is 0 Å². The van der Waals surface area contributed by atoms with Crippen LogP contribution in [0.2, 0.25) is 0 Å². The summed E-state index contributed by atoms with van der Waals surface area (Å²) in [6, 6.07) is 22.5. The van der Waals surface area contributed by atoms with Gasteiger partial charge in [-0.3, -0.25) is 0 Å². The molecule has 0 aromatic heterocycles. The lowest BCUT2D eigenvalue weighted by Crippen LogP contribution is -2.45. The molecule has 0 radical (unpaired) electrons. The first-order valence-corrected chi connectivity index (χ1v) is 7.18. The Morgan fingerprint density at radius 3 is 1.70 bits per heavy atom. The molecule has 0 saturated heterocycles. The summed E-state index contributed by atoms with van der Waals surface area (Å²) >= 11 is 0. The molecule has 0 aliphatic carbocycles. The number of aryl methyl sites for hydroxylation is 1. The highest BCUT2D eigenvalue weighted by atomic mass is 14.3. The second-order valence-electron chi connectivity index (χ2n) is 5.88. The van der Waals surface area contributed by atoms with Crippen LogP contribution in [0.4, 0.5) is 0 Å². The lowest BCUT2D eigenvalue weighted by Gasteiger charge is -2.09. The molecule has 2 aliphatic rings. The molecule has 2 aliphatic heterocycles. The molecule has 92 valence electrons. The SMILES string of the molecule is Cc1cc2c3c(c1)-c1ccccc1B3c1ccccc1-2. The molecule has 0 spiro atoms. The monoisotopic (exact) mass is 252 g/mol. The van der Waals surface area contributed by atoms with Gasteiger partial charge < -0.3 is 0 Å². The van der Waals surface area contributed by atoms with Crippen molar-refractivity contribution in [1.29, 1.82) is 0 Å². The minimum atomic E-state index is 0.452. The predicted octanol–water partition coefficient (Wildman–Crippen LogP) is 2.47. The van der Waals surface area contributed by atoms with Gasteiger partial charge in [0.25, 0.3) is 0 Å². The molecule has 0 bridgehead atoms. The van der Waals surface area contributed by atoms with Crippen molar-refractivity contribution in [2.45, 2.75) is 6.92 Å². The van der Waals surface area contributed by atoms with E-state index < -0.39 is 0 Å². The van der Waals surface area contributed by atoms with Crippen molar-refractivity contribution < 1.29 is 0 Å². The van der Waals surface area contributed by atoms with E-state index >= 15 is 0 Å². The highest BCUT2D eigenvalue weighted by Gasteiger charge is 2.41. The Hall–Kier alpha value is -2.28. The van der Waals surface area contributed by atoms with Crippen molar-refractivity contribution in [1.82, 2.24) is 0 Å². The molecule has 0 N–H and O–H groups in total. The van der Waals surface area contributed by atoms with Crippen molar-refractivity contribution in [3.8, 4) is 22.3 Å². The van der Waals surface area contributed by atoms with Gasteiger partial charge in [0.15, 0.2) is 0 Å². The highest BCUT2D eigenvalue weighted by molar-refractivity contribution is 7.02. The van der Waals surface area contributed by atoms with Crippen LogP contribution in [0.15, 0.2) is 60.7 Å². The minimum absolute atomic E-state index is 0.452. The van der Waals surface area contributed by atoms with E-state index in [2.05, 4.69) is 67.6 Å². The number of benzene rings is 3. The zero-order valence-electron chi connectivity index (χ0n) is 11.4. The molecule has 2 heterocycles. The Morgan fingerprint density at radius 1 is 0.650 bits per heavy atom. The van der Waals surface area contributed by atoms with Crippen molar-refractivity contribution >= 4 is 23.1 Å². The van der Waals surface area contributed by atoms with E-state index in [0.29, 0.717) is 6.71 Å². The zero-order chi connectivity index (χ0) is 13.3. The van der Waals surface area contributed by atoms with Crippen LogP contribution < -0.4 is 16.4 Å². The van der Waals surface area contributed by atoms with E-state index in [-0.39, 0.29) is 0 Å². The highest BCUT2D eigenvalue weighted by Crippen LogP contribution is 2.34. The second kappa shape index (κ2) is 3.43. The second-order valence-corrected chi connectivity index (χ2v) is 5.88. The number of fused-ring (bicyclic) bond motifs is 6. The van der Waals surface area contributed by atoms with Gasteiger partial charge in [0.1, 0.15) is 0 Å². The van der Waals surface area contributed by atoms with Crippen molar-refractivity contribution in [2.75, 3.05) is 0 Å². The molecular formula is C19H13B. The van der Waals surface area contributed by atoms with Crippen LogP contribution in [0, 0.1) is 6.92 Å². The smallest absolute Gasteiger partial charge is 0.0664 e. The van der Waals surface area contributed by atoms with Gasteiger partial charge in [0.2, 0.25) is 6.71 Å². The maximum atomic E-state index is 2.35. The van der Waals surface area contributed by atoms with Gasteiger partial charge in [-0.05, 0) is 34.7 Å². The molecule has 20 heavy (non-hydrogen) atoms. The average molecular weight is 252 g/mol. The summed E-state index contributed by atoms with van der Waals surface area (Å²) in [6.07, 6.45) is 0. The summed E-state index contributed by atoms with van der Waals surface area (Å²) in [4.78, 5) is 0. The van der Waals surface area contributed by atoms with E-state index in [1.165, 1.54) is 44.2 Å².